The lowest BCUT2D eigenvalue weighted by Crippen LogP contribution is -2.18. The van der Waals surface area contributed by atoms with E-state index in [0.717, 1.165) is 0 Å². The van der Waals surface area contributed by atoms with Gasteiger partial charge in [-0.3, -0.25) is 4.79 Å². The zero-order chi connectivity index (χ0) is 8.97. The maximum atomic E-state index is 11.3. The van der Waals surface area contributed by atoms with Crippen LogP contribution in [0.25, 0.3) is 0 Å². The molecule has 2 nitrogen and oxygen atoms in total. The van der Waals surface area contributed by atoms with Crippen molar-refractivity contribution in [1.82, 2.24) is 5.32 Å². The molecule has 12 heavy (non-hydrogen) atoms. The van der Waals surface area contributed by atoms with Crippen molar-refractivity contribution in [2.45, 2.75) is 0 Å². The fourth-order valence-corrected chi connectivity index (χ4v) is 1.02. The van der Waals surface area contributed by atoms with Crippen molar-refractivity contribution in [3.8, 4) is 0 Å². The highest BCUT2D eigenvalue weighted by Gasteiger charge is 2.02. The number of Topliss-reactive ketones (excluding diaryl/α,β-unsaturated/α-hetero) is 1. The predicted octanol–water partition coefficient (Wildman–Crippen LogP) is 1.74. The number of carbonyl (C=O) groups excluding carboxylic acids is 1. The van der Waals surface area contributed by atoms with Gasteiger partial charge in [-0.2, -0.15) is 0 Å². The van der Waals surface area contributed by atoms with E-state index in [2.05, 4.69) is 5.32 Å². The van der Waals surface area contributed by atoms with Crippen molar-refractivity contribution in [2.75, 3.05) is 13.6 Å². The van der Waals surface area contributed by atoms with Gasteiger partial charge in [-0.05, 0) is 31.3 Å². The third-order valence-corrected chi connectivity index (χ3v) is 1.76. The van der Waals surface area contributed by atoms with E-state index in [4.69, 9.17) is 11.6 Å². The van der Waals surface area contributed by atoms with Gasteiger partial charge < -0.3 is 5.32 Å². The summed E-state index contributed by atoms with van der Waals surface area (Å²) in [4.78, 5) is 11.3. The van der Waals surface area contributed by atoms with Gasteiger partial charge in [-0.15, -0.1) is 0 Å². The second-order valence-corrected chi connectivity index (χ2v) is 2.90. The summed E-state index contributed by atoms with van der Waals surface area (Å²) in [6.07, 6.45) is 0. The Morgan fingerprint density at radius 1 is 1.42 bits per heavy atom. The van der Waals surface area contributed by atoms with Crippen LogP contribution in [0.4, 0.5) is 0 Å². The molecule has 1 aromatic rings. The number of nitrogens with one attached hydrogen (secondary N) is 1. The first-order valence-electron chi connectivity index (χ1n) is 3.67. The summed E-state index contributed by atoms with van der Waals surface area (Å²) in [6.45, 7) is 0.363. The maximum absolute atomic E-state index is 11.3. The average Bonchev–Trinajstić information content (AvgIpc) is 2.06. The van der Waals surface area contributed by atoms with Gasteiger partial charge in [0.25, 0.3) is 0 Å². The third-order valence-electron chi connectivity index (χ3n) is 1.50. The van der Waals surface area contributed by atoms with Crippen molar-refractivity contribution in [2.24, 2.45) is 0 Å². The molecule has 64 valence electrons. The average molecular weight is 184 g/mol. The first-order chi connectivity index (χ1) is 5.74. The lowest BCUT2D eigenvalue weighted by Gasteiger charge is -1.98. The van der Waals surface area contributed by atoms with E-state index in [1.807, 2.05) is 0 Å². The van der Waals surface area contributed by atoms with Crippen LogP contribution in [0.3, 0.4) is 0 Å². The summed E-state index contributed by atoms with van der Waals surface area (Å²) in [7, 11) is 1.74. The molecule has 1 rings (SSSR count). The van der Waals surface area contributed by atoms with Crippen LogP contribution in [0.1, 0.15) is 10.4 Å². The quantitative estimate of drug-likeness (QED) is 0.724. The molecule has 0 atom stereocenters. The summed E-state index contributed by atoms with van der Waals surface area (Å²) in [6, 6.07) is 6.87. The molecular formula is C9H10ClNO. The van der Waals surface area contributed by atoms with E-state index >= 15 is 0 Å². The molecule has 0 aliphatic rings. The standard InChI is InChI=1S/C9H10ClNO/c1-11-6-9(12)7-2-4-8(10)5-3-7/h2-5,11H,6H2,1H3. The number of halogens is 1. The second-order valence-electron chi connectivity index (χ2n) is 2.46. The molecule has 0 heterocycles. The molecule has 0 radical (unpaired) electrons. The van der Waals surface area contributed by atoms with Crippen molar-refractivity contribution in [1.29, 1.82) is 0 Å². The number of benzene rings is 1. The maximum Gasteiger partial charge on any atom is 0.176 e. The Balaban J connectivity index is 2.75. The Bertz CT molecular complexity index is 268. The number of carbonyl (C=O) groups is 1. The summed E-state index contributed by atoms with van der Waals surface area (Å²) < 4.78 is 0. The molecule has 0 aliphatic carbocycles. The fourth-order valence-electron chi connectivity index (χ4n) is 0.898. The van der Waals surface area contributed by atoms with Gasteiger partial charge in [0.05, 0.1) is 6.54 Å². The van der Waals surface area contributed by atoms with Crippen LogP contribution in [0.15, 0.2) is 24.3 Å². The number of ketones is 1. The topological polar surface area (TPSA) is 29.1 Å². The Morgan fingerprint density at radius 3 is 2.50 bits per heavy atom. The van der Waals surface area contributed by atoms with Gasteiger partial charge in [0.15, 0.2) is 5.78 Å². The van der Waals surface area contributed by atoms with Crippen LogP contribution < -0.4 is 5.32 Å². The second kappa shape index (κ2) is 4.24. The first-order valence-corrected chi connectivity index (χ1v) is 4.05. The normalized spacial score (nSPS) is 9.83. The molecule has 0 unspecified atom stereocenters. The molecule has 0 saturated carbocycles. The van der Waals surface area contributed by atoms with Crippen LogP contribution in [0, 0.1) is 0 Å². The molecule has 3 heteroatoms. The molecule has 1 aromatic carbocycles. The molecule has 1 N–H and O–H groups in total. The van der Waals surface area contributed by atoms with Crippen molar-refractivity contribution in [3.05, 3.63) is 34.9 Å². The van der Waals surface area contributed by atoms with Crippen LogP contribution in [0.2, 0.25) is 5.02 Å². The first kappa shape index (κ1) is 9.23. The molecule has 0 spiro atoms. The van der Waals surface area contributed by atoms with Gasteiger partial charge in [0.1, 0.15) is 0 Å². The predicted molar refractivity (Wildman–Crippen MR) is 49.7 cm³/mol. The molecule has 0 fully saturated rings. The molecule has 0 aliphatic heterocycles. The Morgan fingerprint density at radius 2 is 2.00 bits per heavy atom. The Hall–Kier alpha value is -0.860. The van der Waals surface area contributed by atoms with Gasteiger partial charge in [0.2, 0.25) is 0 Å². The van der Waals surface area contributed by atoms with E-state index < -0.39 is 0 Å². The smallest absolute Gasteiger partial charge is 0.176 e. The minimum atomic E-state index is 0.0779. The number of hydrogen-bond acceptors (Lipinski definition) is 2. The fraction of sp³-hybridized carbons (Fsp3) is 0.222. The van der Waals surface area contributed by atoms with Gasteiger partial charge in [-0.1, -0.05) is 11.6 Å². The monoisotopic (exact) mass is 183 g/mol. The van der Waals surface area contributed by atoms with Gasteiger partial charge >= 0.3 is 0 Å². The highest BCUT2D eigenvalue weighted by Crippen LogP contribution is 2.09. The Kier molecular flexibility index (Phi) is 3.26. The minimum absolute atomic E-state index is 0.0779. The van der Waals surface area contributed by atoms with Crippen LogP contribution in [0.5, 0.6) is 0 Å². The van der Waals surface area contributed by atoms with Crippen molar-refractivity contribution >= 4 is 17.4 Å². The lowest BCUT2D eigenvalue weighted by atomic mass is 10.1. The Labute approximate surface area is 76.5 Å². The minimum Gasteiger partial charge on any atom is -0.313 e. The molecule has 0 bridgehead atoms. The van der Waals surface area contributed by atoms with E-state index in [1.54, 1.807) is 31.3 Å². The number of rotatable bonds is 3. The number of likely N-dealkylation sites (N-methyl/N-ethyl adjacent to an activating group) is 1. The van der Waals surface area contributed by atoms with E-state index in [-0.39, 0.29) is 5.78 Å². The zero-order valence-corrected chi connectivity index (χ0v) is 7.56. The summed E-state index contributed by atoms with van der Waals surface area (Å²) in [5.41, 5.74) is 0.689. The van der Waals surface area contributed by atoms with Crippen LogP contribution >= 0.6 is 11.6 Å². The summed E-state index contributed by atoms with van der Waals surface area (Å²) in [5.74, 6) is 0.0779. The largest absolute Gasteiger partial charge is 0.313 e. The van der Waals surface area contributed by atoms with E-state index in [0.29, 0.717) is 17.1 Å². The van der Waals surface area contributed by atoms with Crippen molar-refractivity contribution < 1.29 is 4.79 Å². The summed E-state index contributed by atoms with van der Waals surface area (Å²) >= 11 is 5.67. The molecule has 0 saturated heterocycles. The van der Waals surface area contributed by atoms with Gasteiger partial charge in [-0.25, -0.2) is 0 Å². The molecule has 0 aromatic heterocycles. The SMILES string of the molecule is CNCC(=O)c1ccc(Cl)cc1. The zero-order valence-electron chi connectivity index (χ0n) is 6.80. The van der Waals surface area contributed by atoms with Gasteiger partial charge in [0, 0.05) is 10.6 Å². The third kappa shape index (κ3) is 2.32. The molecular weight excluding hydrogens is 174 g/mol. The van der Waals surface area contributed by atoms with Crippen molar-refractivity contribution in [3.63, 3.8) is 0 Å². The number of hydrogen-bond donors (Lipinski definition) is 1. The highest BCUT2D eigenvalue weighted by atomic mass is 35.5. The van der Waals surface area contributed by atoms with Crippen LogP contribution in [-0.4, -0.2) is 19.4 Å². The molecule has 0 amide bonds. The van der Waals surface area contributed by atoms with E-state index in [1.165, 1.54) is 0 Å². The van der Waals surface area contributed by atoms with E-state index in [9.17, 15) is 4.79 Å². The lowest BCUT2D eigenvalue weighted by molar-refractivity contribution is 0.0993. The van der Waals surface area contributed by atoms with Crippen LogP contribution in [-0.2, 0) is 0 Å². The summed E-state index contributed by atoms with van der Waals surface area (Å²) in [5, 5.41) is 3.45. The highest BCUT2D eigenvalue weighted by molar-refractivity contribution is 6.30.